The summed E-state index contributed by atoms with van der Waals surface area (Å²) in [5.74, 6) is -1.41. The number of nitro groups is 1. The van der Waals surface area contributed by atoms with Gasteiger partial charge >= 0.3 is 12.1 Å². The quantitative estimate of drug-likeness (QED) is 0.371. The summed E-state index contributed by atoms with van der Waals surface area (Å²) in [6.07, 6.45) is -4.31. The second kappa shape index (κ2) is 9.02. The molecule has 11 heteroatoms. The highest BCUT2D eigenvalue weighted by Gasteiger charge is 2.33. The molecule has 0 saturated heterocycles. The van der Waals surface area contributed by atoms with Gasteiger partial charge in [-0.05, 0) is 25.0 Å². The molecule has 0 spiro atoms. The highest BCUT2D eigenvalue weighted by Crippen LogP contribution is 2.35. The summed E-state index contributed by atoms with van der Waals surface area (Å²) < 4.78 is 43.7. The molecule has 8 nitrogen and oxygen atoms in total. The van der Waals surface area contributed by atoms with Gasteiger partial charge in [-0.25, -0.2) is 0 Å². The molecular weight excluding hydrogens is 419 g/mol. The van der Waals surface area contributed by atoms with Crippen molar-refractivity contribution in [2.45, 2.75) is 31.2 Å². The molecule has 164 valence electrons. The smallest absolute Gasteiger partial charge is 0.416 e. The Bertz CT molecular complexity index is 978. The van der Waals surface area contributed by atoms with E-state index in [1.54, 1.807) is 30.3 Å². The average Bonchev–Trinajstić information content (AvgIpc) is 3.54. The topological polar surface area (TPSA) is 111 Å². The Kier molecular flexibility index (Phi) is 6.42. The Balaban J connectivity index is 1.70. The van der Waals surface area contributed by atoms with Gasteiger partial charge in [0.25, 0.3) is 11.6 Å². The van der Waals surface area contributed by atoms with E-state index in [2.05, 4.69) is 10.6 Å². The molecule has 1 aliphatic carbocycles. The number of benzene rings is 2. The van der Waals surface area contributed by atoms with E-state index in [1.165, 1.54) is 0 Å². The minimum atomic E-state index is -4.75. The summed E-state index contributed by atoms with van der Waals surface area (Å²) in [5, 5.41) is 16.3. The van der Waals surface area contributed by atoms with E-state index in [4.69, 9.17) is 4.74 Å². The van der Waals surface area contributed by atoms with Gasteiger partial charge in [0.15, 0.2) is 0 Å². The van der Waals surface area contributed by atoms with Crippen LogP contribution in [0.15, 0.2) is 48.5 Å². The molecule has 1 unspecified atom stereocenters. The van der Waals surface area contributed by atoms with Crippen LogP contribution in [0.3, 0.4) is 0 Å². The molecule has 2 aromatic carbocycles. The number of esters is 1. The highest BCUT2D eigenvalue weighted by atomic mass is 19.4. The number of hydrogen-bond acceptors (Lipinski definition) is 6. The van der Waals surface area contributed by atoms with Crippen molar-refractivity contribution in [2.75, 3.05) is 11.9 Å². The molecular formula is C20H18F3N3O5. The fourth-order valence-electron chi connectivity index (χ4n) is 2.75. The van der Waals surface area contributed by atoms with Crippen LogP contribution < -0.4 is 10.6 Å². The number of halogens is 3. The molecule has 0 bridgehead atoms. The third kappa shape index (κ3) is 5.93. The van der Waals surface area contributed by atoms with Crippen LogP contribution in [-0.4, -0.2) is 29.4 Å². The summed E-state index contributed by atoms with van der Waals surface area (Å²) in [6, 6.07) is 10.2. The molecule has 1 amide bonds. The molecule has 0 aromatic heterocycles. The third-order valence-electron chi connectivity index (χ3n) is 4.46. The molecule has 1 saturated carbocycles. The van der Waals surface area contributed by atoms with E-state index < -0.39 is 46.9 Å². The molecule has 2 aromatic rings. The lowest BCUT2D eigenvalue weighted by atomic mass is 10.1. The molecule has 0 aliphatic heterocycles. The van der Waals surface area contributed by atoms with Crippen LogP contribution in [0.25, 0.3) is 0 Å². The van der Waals surface area contributed by atoms with Crippen molar-refractivity contribution in [1.82, 2.24) is 5.32 Å². The number of rotatable bonds is 8. The van der Waals surface area contributed by atoms with Crippen molar-refractivity contribution in [3.05, 3.63) is 69.8 Å². The zero-order valence-corrected chi connectivity index (χ0v) is 16.0. The number of ether oxygens (including phenoxy) is 1. The van der Waals surface area contributed by atoms with Gasteiger partial charge in [0, 0.05) is 17.7 Å². The van der Waals surface area contributed by atoms with Crippen molar-refractivity contribution < 1.29 is 32.4 Å². The number of hydrogen-bond donors (Lipinski definition) is 2. The van der Waals surface area contributed by atoms with Crippen molar-refractivity contribution >= 4 is 23.3 Å². The Hall–Kier alpha value is -3.63. The molecule has 3 rings (SSSR count). The zero-order valence-electron chi connectivity index (χ0n) is 16.0. The molecule has 1 fully saturated rings. The van der Waals surface area contributed by atoms with Crippen molar-refractivity contribution in [3.8, 4) is 0 Å². The highest BCUT2D eigenvalue weighted by molar-refractivity contribution is 5.86. The van der Waals surface area contributed by atoms with Crippen LogP contribution in [0.2, 0.25) is 0 Å². The predicted molar refractivity (Wildman–Crippen MR) is 103 cm³/mol. The summed E-state index contributed by atoms with van der Waals surface area (Å²) in [6.45, 7) is -0.591. The molecule has 31 heavy (non-hydrogen) atoms. The number of nitrogens with one attached hydrogen (secondary N) is 2. The van der Waals surface area contributed by atoms with Crippen molar-refractivity contribution in [2.24, 2.45) is 0 Å². The second-order valence-corrected chi connectivity index (χ2v) is 6.90. The maximum absolute atomic E-state index is 12.8. The number of alkyl halides is 3. The summed E-state index contributed by atoms with van der Waals surface area (Å²) in [5.41, 5.74) is -1.87. The lowest BCUT2D eigenvalue weighted by Gasteiger charge is -2.18. The maximum Gasteiger partial charge on any atom is 0.416 e. The van der Waals surface area contributed by atoms with Crippen LogP contribution in [0.1, 0.15) is 30.1 Å². The largest absolute Gasteiger partial charge is 0.446 e. The van der Waals surface area contributed by atoms with Crippen molar-refractivity contribution in [1.29, 1.82) is 0 Å². The number of amides is 1. The van der Waals surface area contributed by atoms with E-state index in [9.17, 15) is 32.9 Å². The summed E-state index contributed by atoms with van der Waals surface area (Å²) in [7, 11) is 0. The minimum Gasteiger partial charge on any atom is -0.446 e. The Morgan fingerprint density at radius 1 is 1.16 bits per heavy atom. The lowest BCUT2D eigenvalue weighted by molar-refractivity contribution is -0.384. The van der Waals surface area contributed by atoms with Gasteiger partial charge in [-0.1, -0.05) is 30.3 Å². The van der Waals surface area contributed by atoms with Gasteiger partial charge in [-0.3, -0.25) is 19.7 Å². The standard InChI is InChI=1S/C20H18F3N3O5/c21-20(22,23)13-6-9-15(16(10-13)26(29)30)24-11-17(27)31-18(12-4-2-1-3-5-12)19(28)25-14-7-8-14/h1-6,9-10,14,18,24H,7-8,11H2,(H,25,28). The summed E-state index contributed by atoms with van der Waals surface area (Å²) >= 11 is 0. The van der Waals surface area contributed by atoms with Gasteiger partial charge < -0.3 is 15.4 Å². The first kappa shape index (κ1) is 22.1. The molecule has 0 radical (unpaired) electrons. The van der Waals surface area contributed by atoms with E-state index >= 15 is 0 Å². The van der Waals surface area contributed by atoms with E-state index in [-0.39, 0.29) is 11.7 Å². The average molecular weight is 437 g/mol. The van der Waals surface area contributed by atoms with Crippen LogP contribution in [0.5, 0.6) is 0 Å². The van der Waals surface area contributed by atoms with Gasteiger partial charge in [0.2, 0.25) is 6.10 Å². The molecule has 0 heterocycles. The predicted octanol–water partition coefficient (Wildman–Crippen LogP) is 3.59. The Morgan fingerprint density at radius 2 is 1.84 bits per heavy atom. The SMILES string of the molecule is O=C(CNc1ccc(C(F)(F)F)cc1[N+](=O)[O-])OC(C(=O)NC1CC1)c1ccccc1. The Labute approximate surface area is 174 Å². The summed E-state index contributed by atoms with van der Waals surface area (Å²) in [4.78, 5) is 34.9. The first-order chi connectivity index (χ1) is 14.6. The fourth-order valence-corrected chi connectivity index (χ4v) is 2.75. The number of nitro benzene ring substituents is 1. The van der Waals surface area contributed by atoms with Crippen LogP contribution in [0, 0.1) is 10.1 Å². The monoisotopic (exact) mass is 437 g/mol. The normalized spacial score (nSPS) is 14.4. The number of nitrogens with zero attached hydrogens (tertiary/aromatic N) is 1. The number of anilines is 1. The number of carbonyl (C=O) groups excluding carboxylic acids is 2. The van der Waals surface area contributed by atoms with E-state index in [0.717, 1.165) is 18.9 Å². The third-order valence-corrected chi connectivity index (χ3v) is 4.46. The van der Waals surface area contributed by atoms with E-state index in [1.807, 2.05) is 0 Å². The lowest BCUT2D eigenvalue weighted by Crippen LogP contribution is -2.34. The Morgan fingerprint density at radius 3 is 2.42 bits per heavy atom. The zero-order chi connectivity index (χ0) is 22.6. The number of carbonyl (C=O) groups is 2. The van der Waals surface area contributed by atoms with Gasteiger partial charge in [-0.2, -0.15) is 13.2 Å². The van der Waals surface area contributed by atoms with Crippen LogP contribution in [0.4, 0.5) is 24.5 Å². The van der Waals surface area contributed by atoms with Gasteiger partial charge in [0.1, 0.15) is 12.2 Å². The van der Waals surface area contributed by atoms with Gasteiger partial charge in [-0.15, -0.1) is 0 Å². The second-order valence-electron chi connectivity index (χ2n) is 6.90. The van der Waals surface area contributed by atoms with Crippen LogP contribution >= 0.6 is 0 Å². The molecule has 2 N–H and O–H groups in total. The maximum atomic E-state index is 12.8. The van der Waals surface area contributed by atoms with Gasteiger partial charge in [0.05, 0.1) is 10.5 Å². The minimum absolute atomic E-state index is 0.0327. The fraction of sp³-hybridized carbons (Fsp3) is 0.300. The molecule has 1 atom stereocenters. The van der Waals surface area contributed by atoms with Crippen LogP contribution in [-0.2, 0) is 20.5 Å². The van der Waals surface area contributed by atoms with E-state index in [0.29, 0.717) is 17.7 Å². The first-order valence-electron chi connectivity index (χ1n) is 9.29. The first-order valence-corrected chi connectivity index (χ1v) is 9.29. The van der Waals surface area contributed by atoms with Crippen molar-refractivity contribution in [3.63, 3.8) is 0 Å². The molecule has 1 aliphatic rings.